The lowest BCUT2D eigenvalue weighted by Gasteiger charge is -2.20. The molecule has 20 heavy (non-hydrogen) atoms. The van der Waals surface area contributed by atoms with E-state index < -0.39 is 17.7 Å². The van der Waals surface area contributed by atoms with Crippen molar-refractivity contribution in [3.8, 4) is 0 Å². The van der Waals surface area contributed by atoms with Crippen molar-refractivity contribution in [3.05, 3.63) is 51.0 Å². The molecule has 0 fully saturated rings. The van der Waals surface area contributed by atoms with E-state index in [1.165, 1.54) is 18.2 Å². The zero-order valence-corrected chi connectivity index (χ0v) is 12.8. The smallest absolute Gasteiger partial charge is 0.130 e. The van der Waals surface area contributed by atoms with E-state index >= 15 is 0 Å². The maximum atomic E-state index is 13.7. The number of hydrogen-bond donors (Lipinski definition) is 1. The van der Waals surface area contributed by atoms with Gasteiger partial charge < -0.3 is 5.32 Å². The molecule has 0 aliphatic carbocycles. The van der Waals surface area contributed by atoms with E-state index in [0.717, 1.165) is 15.6 Å². The van der Waals surface area contributed by atoms with E-state index in [1.54, 1.807) is 18.3 Å². The molecule has 0 saturated heterocycles. The zero-order chi connectivity index (χ0) is 14.9. The molecule has 2 atom stereocenters. The summed E-state index contributed by atoms with van der Waals surface area (Å²) in [5.74, 6) is -1.05. The average Bonchev–Trinajstić information content (AvgIpc) is 2.68. The maximum absolute atomic E-state index is 13.7. The standard InChI is InChI=1S/C15H18F2N2S/c1-8(14-12(16)6-5-7-13(14)17)18-9(2)15-10(3)20-11(4)19-15/h5-9,18H,1-4H3. The zero-order valence-electron chi connectivity index (χ0n) is 12.0. The summed E-state index contributed by atoms with van der Waals surface area (Å²) in [6.45, 7) is 7.67. The fraction of sp³-hybridized carbons (Fsp3) is 0.400. The van der Waals surface area contributed by atoms with Crippen molar-refractivity contribution in [1.29, 1.82) is 0 Å². The van der Waals surface area contributed by atoms with Crippen LogP contribution in [0.2, 0.25) is 0 Å². The first-order valence-electron chi connectivity index (χ1n) is 6.54. The van der Waals surface area contributed by atoms with Gasteiger partial charge in [0.25, 0.3) is 0 Å². The van der Waals surface area contributed by atoms with Crippen molar-refractivity contribution in [2.24, 2.45) is 0 Å². The minimum absolute atomic E-state index is 0.0612. The van der Waals surface area contributed by atoms with Gasteiger partial charge in [0.2, 0.25) is 0 Å². The summed E-state index contributed by atoms with van der Waals surface area (Å²) in [4.78, 5) is 5.60. The molecule has 2 rings (SSSR count). The van der Waals surface area contributed by atoms with Crippen LogP contribution in [0.1, 0.15) is 47.1 Å². The topological polar surface area (TPSA) is 24.9 Å². The van der Waals surface area contributed by atoms with Gasteiger partial charge in [-0.3, -0.25) is 0 Å². The van der Waals surface area contributed by atoms with Crippen molar-refractivity contribution in [2.45, 2.75) is 39.8 Å². The predicted octanol–water partition coefficient (Wildman–Crippen LogP) is 4.45. The Balaban J connectivity index is 2.19. The lowest BCUT2D eigenvalue weighted by Crippen LogP contribution is -2.24. The average molecular weight is 296 g/mol. The molecule has 1 aromatic carbocycles. The molecule has 1 N–H and O–H groups in total. The second kappa shape index (κ2) is 5.97. The third-order valence-electron chi connectivity index (χ3n) is 3.28. The number of thiazole rings is 1. The first-order chi connectivity index (χ1) is 9.40. The van der Waals surface area contributed by atoms with E-state index in [4.69, 9.17) is 0 Å². The number of nitrogens with one attached hydrogen (secondary N) is 1. The Morgan fingerprint density at radius 1 is 1.10 bits per heavy atom. The normalized spacial score (nSPS) is 14.3. The van der Waals surface area contributed by atoms with Crippen LogP contribution in [0.4, 0.5) is 8.78 Å². The van der Waals surface area contributed by atoms with Gasteiger partial charge in [0, 0.05) is 22.5 Å². The lowest BCUT2D eigenvalue weighted by molar-refractivity contribution is 0.445. The molecule has 0 saturated carbocycles. The minimum Gasteiger partial charge on any atom is -0.302 e. The SMILES string of the molecule is Cc1nc(C(C)NC(C)c2c(F)cccc2F)c(C)s1. The van der Waals surface area contributed by atoms with Crippen LogP contribution in [0.25, 0.3) is 0 Å². The molecule has 0 bridgehead atoms. The number of rotatable bonds is 4. The highest BCUT2D eigenvalue weighted by Gasteiger charge is 2.20. The molecule has 2 nitrogen and oxygen atoms in total. The monoisotopic (exact) mass is 296 g/mol. The summed E-state index contributed by atoms with van der Waals surface area (Å²) < 4.78 is 27.5. The Kier molecular flexibility index (Phi) is 4.50. The van der Waals surface area contributed by atoms with Gasteiger partial charge in [-0.25, -0.2) is 13.8 Å². The molecule has 5 heteroatoms. The Morgan fingerprint density at radius 2 is 1.70 bits per heavy atom. The Labute approximate surface area is 121 Å². The van der Waals surface area contributed by atoms with E-state index in [-0.39, 0.29) is 11.6 Å². The predicted molar refractivity (Wildman–Crippen MR) is 77.9 cm³/mol. The van der Waals surface area contributed by atoms with Crippen LogP contribution in [0.3, 0.4) is 0 Å². The van der Waals surface area contributed by atoms with Crippen LogP contribution in [0, 0.1) is 25.5 Å². The summed E-state index contributed by atoms with van der Waals surface area (Å²) in [7, 11) is 0. The molecular formula is C15H18F2N2S. The number of aromatic nitrogens is 1. The maximum Gasteiger partial charge on any atom is 0.130 e. The third-order valence-corrected chi connectivity index (χ3v) is 4.18. The molecule has 0 spiro atoms. The highest BCUT2D eigenvalue weighted by Crippen LogP contribution is 2.26. The van der Waals surface area contributed by atoms with Crippen LogP contribution < -0.4 is 5.32 Å². The quantitative estimate of drug-likeness (QED) is 0.901. The van der Waals surface area contributed by atoms with E-state index in [1.807, 2.05) is 20.8 Å². The second-order valence-corrected chi connectivity index (χ2v) is 6.33. The van der Waals surface area contributed by atoms with Gasteiger partial charge in [-0.05, 0) is 39.8 Å². The van der Waals surface area contributed by atoms with Gasteiger partial charge in [0.15, 0.2) is 0 Å². The summed E-state index contributed by atoms with van der Waals surface area (Å²) in [6.07, 6.45) is 0. The Hall–Kier alpha value is -1.33. The first-order valence-corrected chi connectivity index (χ1v) is 7.35. The van der Waals surface area contributed by atoms with Crippen LogP contribution in [0.15, 0.2) is 18.2 Å². The third kappa shape index (κ3) is 3.04. The van der Waals surface area contributed by atoms with Crippen molar-refractivity contribution < 1.29 is 8.78 Å². The van der Waals surface area contributed by atoms with Crippen molar-refractivity contribution in [2.75, 3.05) is 0 Å². The molecule has 0 radical (unpaired) electrons. The number of halogens is 2. The first kappa shape index (κ1) is 15.1. The molecule has 2 aromatic rings. The van der Waals surface area contributed by atoms with E-state index in [0.29, 0.717) is 0 Å². The minimum atomic E-state index is -0.525. The summed E-state index contributed by atoms with van der Waals surface area (Å²) in [5.41, 5.74) is 1.01. The lowest BCUT2D eigenvalue weighted by atomic mass is 10.1. The van der Waals surface area contributed by atoms with Gasteiger partial charge in [0.1, 0.15) is 11.6 Å². The molecule has 1 aromatic heterocycles. The fourth-order valence-corrected chi connectivity index (χ4v) is 3.32. The number of benzene rings is 1. The second-order valence-electron chi connectivity index (χ2n) is 4.92. The molecule has 0 amide bonds. The van der Waals surface area contributed by atoms with Gasteiger partial charge in [-0.1, -0.05) is 6.07 Å². The van der Waals surface area contributed by atoms with Gasteiger partial charge in [0.05, 0.1) is 10.7 Å². The summed E-state index contributed by atoms with van der Waals surface area (Å²) >= 11 is 1.63. The van der Waals surface area contributed by atoms with Crippen molar-refractivity contribution >= 4 is 11.3 Å². The fourth-order valence-electron chi connectivity index (χ4n) is 2.41. The summed E-state index contributed by atoms with van der Waals surface area (Å²) in [5, 5.41) is 4.21. The van der Waals surface area contributed by atoms with E-state index in [2.05, 4.69) is 10.3 Å². The van der Waals surface area contributed by atoms with Crippen molar-refractivity contribution in [1.82, 2.24) is 10.3 Å². The molecular weight excluding hydrogens is 278 g/mol. The van der Waals surface area contributed by atoms with E-state index in [9.17, 15) is 8.78 Å². The van der Waals surface area contributed by atoms with Gasteiger partial charge in [-0.15, -0.1) is 11.3 Å². The molecule has 0 aliphatic heterocycles. The number of aryl methyl sites for hydroxylation is 2. The largest absolute Gasteiger partial charge is 0.302 e. The Bertz CT molecular complexity index is 590. The highest BCUT2D eigenvalue weighted by molar-refractivity contribution is 7.11. The Morgan fingerprint density at radius 3 is 2.20 bits per heavy atom. The van der Waals surface area contributed by atoms with Gasteiger partial charge in [-0.2, -0.15) is 0 Å². The van der Waals surface area contributed by atoms with Crippen LogP contribution in [0.5, 0.6) is 0 Å². The number of hydrogen-bond acceptors (Lipinski definition) is 3. The van der Waals surface area contributed by atoms with Crippen LogP contribution >= 0.6 is 11.3 Å². The van der Waals surface area contributed by atoms with Crippen molar-refractivity contribution in [3.63, 3.8) is 0 Å². The number of nitrogens with zero attached hydrogens (tertiary/aromatic N) is 1. The molecule has 108 valence electrons. The van der Waals surface area contributed by atoms with Gasteiger partial charge >= 0.3 is 0 Å². The molecule has 2 unspecified atom stereocenters. The highest BCUT2D eigenvalue weighted by atomic mass is 32.1. The van der Waals surface area contributed by atoms with Crippen LogP contribution in [-0.4, -0.2) is 4.98 Å². The molecule has 0 aliphatic rings. The van der Waals surface area contributed by atoms with Crippen LogP contribution in [-0.2, 0) is 0 Å². The molecule has 1 heterocycles. The summed E-state index contributed by atoms with van der Waals surface area (Å²) in [6, 6.07) is 3.44.